The standard InChI is InChI=1S/C6H8F3N3OS/c1-10-2-4-11-5(13-12-4)3-14-6(7,8)9/h10H,2-3H2,1H3. The summed E-state index contributed by atoms with van der Waals surface area (Å²) < 4.78 is 39.9. The predicted molar refractivity (Wildman–Crippen MR) is 44.4 cm³/mol. The zero-order valence-electron chi connectivity index (χ0n) is 7.26. The van der Waals surface area contributed by atoms with Gasteiger partial charge in [0.1, 0.15) is 0 Å². The molecule has 0 aliphatic carbocycles. The van der Waals surface area contributed by atoms with Crippen molar-refractivity contribution < 1.29 is 17.7 Å². The first-order valence-electron chi connectivity index (χ1n) is 3.68. The monoisotopic (exact) mass is 227 g/mol. The van der Waals surface area contributed by atoms with Crippen LogP contribution in [0, 0.1) is 0 Å². The summed E-state index contributed by atoms with van der Waals surface area (Å²) in [5.74, 6) is -0.0110. The van der Waals surface area contributed by atoms with E-state index in [-0.39, 0.29) is 23.4 Å². The molecule has 0 aromatic carbocycles. The minimum absolute atomic E-state index is 0.0161. The van der Waals surface area contributed by atoms with E-state index in [1.54, 1.807) is 7.05 Å². The Hall–Kier alpha value is -0.760. The van der Waals surface area contributed by atoms with E-state index in [1.807, 2.05) is 0 Å². The molecule has 4 nitrogen and oxygen atoms in total. The van der Waals surface area contributed by atoms with Gasteiger partial charge in [0.05, 0.1) is 12.3 Å². The molecule has 0 radical (unpaired) electrons. The number of nitrogens with one attached hydrogen (secondary N) is 1. The van der Waals surface area contributed by atoms with Gasteiger partial charge in [0.25, 0.3) is 0 Å². The Morgan fingerprint density at radius 2 is 2.21 bits per heavy atom. The van der Waals surface area contributed by atoms with Gasteiger partial charge >= 0.3 is 5.51 Å². The molecule has 1 rings (SSSR count). The maximum Gasteiger partial charge on any atom is 0.442 e. The lowest BCUT2D eigenvalue weighted by Crippen LogP contribution is -2.06. The van der Waals surface area contributed by atoms with E-state index in [0.29, 0.717) is 12.4 Å². The molecule has 14 heavy (non-hydrogen) atoms. The molecule has 80 valence electrons. The Morgan fingerprint density at radius 3 is 2.79 bits per heavy atom. The van der Waals surface area contributed by atoms with Crippen LogP contribution in [0.3, 0.4) is 0 Å². The maximum atomic E-state index is 11.8. The van der Waals surface area contributed by atoms with Crippen molar-refractivity contribution in [2.75, 3.05) is 7.05 Å². The number of aromatic nitrogens is 2. The van der Waals surface area contributed by atoms with E-state index in [0.717, 1.165) is 0 Å². The Kier molecular flexibility index (Phi) is 3.76. The maximum absolute atomic E-state index is 11.8. The van der Waals surface area contributed by atoms with Crippen molar-refractivity contribution >= 4 is 11.8 Å². The summed E-state index contributed by atoms with van der Waals surface area (Å²) in [7, 11) is 1.68. The van der Waals surface area contributed by atoms with Crippen molar-refractivity contribution in [3.63, 3.8) is 0 Å². The normalized spacial score (nSPS) is 12.0. The van der Waals surface area contributed by atoms with Crippen molar-refractivity contribution in [1.82, 2.24) is 15.5 Å². The zero-order chi connectivity index (χ0) is 10.6. The summed E-state index contributed by atoms with van der Waals surface area (Å²) in [6, 6.07) is 0. The molecule has 8 heteroatoms. The molecule has 1 aromatic heterocycles. The topological polar surface area (TPSA) is 51.0 Å². The third-order valence-electron chi connectivity index (χ3n) is 1.20. The lowest BCUT2D eigenvalue weighted by atomic mass is 10.6. The first kappa shape index (κ1) is 11.3. The molecule has 0 bridgehead atoms. The summed E-state index contributed by atoms with van der Waals surface area (Å²) in [5, 5.41) is 6.23. The van der Waals surface area contributed by atoms with E-state index >= 15 is 0 Å². The van der Waals surface area contributed by atoms with Crippen molar-refractivity contribution in [3.05, 3.63) is 11.7 Å². The summed E-state index contributed by atoms with van der Waals surface area (Å²) >= 11 is -0.199. The van der Waals surface area contributed by atoms with E-state index in [1.165, 1.54) is 0 Å². The van der Waals surface area contributed by atoms with Crippen LogP contribution in [0.2, 0.25) is 0 Å². The minimum Gasteiger partial charge on any atom is -0.338 e. The van der Waals surface area contributed by atoms with Crippen molar-refractivity contribution in [2.45, 2.75) is 17.8 Å². The lowest BCUT2D eigenvalue weighted by Gasteiger charge is -2.00. The average molecular weight is 227 g/mol. The zero-order valence-corrected chi connectivity index (χ0v) is 8.08. The van der Waals surface area contributed by atoms with Crippen LogP contribution in [0.4, 0.5) is 13.2 Å². The van der Waals surface area contributed by atoms with Gasteiger partial charge < -0.3 is 9.84 Å². The van der Waals surface area contributed by atoms with E-state index in [2.05, 4.69) is 20.0 Å². The van der Waals surface area contributed by atoms with Crippen molar-refractivity contribution in [3.8, 4) is 0 Å². The fraction of sp³-hybridized carbons (Fsp3) is 0.667. The SMILES string of the molecule is CNCc1noc(CSC(F)(F)F)n1. The summed E-state index contributed by atoms with van der Waals surface area (Å²) in [6.45, 7) is 0.375. The van der Waals surface area contributed by atoms with Gasteiger partial charge in [0.2, 0.25) is 5.89 Å². The fourth-order valence-corrected chi connectivity index (χ4v) is 1.13. The number of thioether (sulfide) groups is 1. The highest BCUT2D eigenvalue weighted by Crippen LogP contribution is 2.32. The molecule has 0 spiro atoms. The highest BCUT2D eigenvalue weighted by atomic mass is 32.2. The first-order valence-corrected chi connectivity index (χ1v) is 4.66. The van der Waals surface area contributed by atoms with Gasteiger partial charge in [-0.15, -0.1) is 0 Å². The van der Waals surface area contributed by atoms with Crippen LogP contribution in [-0.2, 0) is 12.3 Å². The predicted octanol–water partition coefficient (Wildman–Crippen LogP) is 1.54. The van der Waals surface area contributed by atoms with E-state index in [9.17, 15) is 13.2 Å². The number of alkyl halides is 3. The van der Waals surface area contributed by atoms with Gasteiger partial charge in [0, 0.05) is 0 Å². The van der Waals surface area contributed by atoms with Crippen molar-refractivity contribution in [2.24, 2.45) is 0 Å². The summed E-state index contributed by atoms with van der Waals surface area (Å²) in [6.07, 6.45) is 0. The summed E-state index contributed by atoms with van der Waals surface area (Å²) in [4.78, 5) is 3.74. The molecule has 1 aromatic rings. The first-order chi connectivity index (χ1) is 6.51. The lowest BCUT2D eigenvalue weighted by molar-refractivity contribution is -0.0330. The largest absolute Gasteiger partial charge is 0.442 e. The fourth-order valence-electron chi connectivity index (χ4n) is 0.722. The van der Waals surface area contributed by atoms with Crippen LogP contribution in [0.5, 0.6) is 0 Å². The smallest absolute Gasteiger partial charge is 0.338 e. The average Bonchev–Trinajstić information content (AvgIpc) is 2.49. The second kappa shape index (κ2) is 4.65. The second-order valence-corrected chi connectivity index (χ2v) is 3.41. The second-order valence-electron chi connectivity index (χ2n) is 2.37. The van der Waals surface area contributed by atoms with Crippen molar-refractivity contribution in [1.29, 1.82) is 0 Å². The molecule has 0 aliphatic rings. The van der Waals surface area contributed by atoms with Crippen LogP contribution >= 0.6 is 11.8 Å². The molecule has 0 atom stereocenters. The van der Waals surface area contributed by atoms with Crippen LogP contribution in [0.15, 0.2) is 4.52 Å². The molecular weight excluding hydrogens is 219 g/mol. The molecule has 0 aliphatic heterocycles. The van der Waals surface area contributed by atoms with Gasteiger partial charge in [-0.05, 0) is 18.8 Å². The molecule has 0 amide bonds. The van der Waals surface area contributed by atoms with Gasteiger partial charge in [-0.2, -0.15) is 18.2 Å². The van der Waals surface area contributed by atoms with Crippen LogP contribution in [0.25, 0.3) is 0 Å². The molecule has 1 N–H and O–H groups in total. The molecular formula is C6H8F3N3OS. The van der Waals surface area contributed by atoms with E-state index < -0.39 is 5.51 Å². The Labute approximate surface area is 82.2 Å². The number of hydrogen-bond acceptors (Lipinski definition) is 5. The quantitative estimate of drug-likeness (QED) is 0.845. The summed E-state index contributed by atoms with van der Waals surface area (Å²) in [5.41, 5.74) is -4.27. The third-order valence-corrected chi connectivity index (χ3v) is 1.92. The van der Waals surface area contributed by atoms with E-state index in [4.69, 9.17) is 0 Å². The molecule has 0 saturated carbocycles. The third kappa shape index (κ3) is 3.97. The highest BCUT2D eigenvalue weighted by molar-refractivity contribution is 7.99. The number of rotatable bonds is 4. The number of hydrogen-bond donors (Lipinski definition) is 1. The molecule has 0 fully saturated rings. The number of nitrogens with zero attached hydrogens (tertiary/aromatic N) is 2. The minimum atomic E-state index is -4.27. The Balaban J connectivity index is 2.44. The molecule has 0 unspecified atom stereocenters. The van der Waals surface area contributed by atoms with Crippen LogP contribution < -0.4 is 5.32 Å². The van der Waals surface area contributed by atoms with Crippen LogP contribution in [-0.4, -0.2) is 22.7 Å². The number of halogens is 3. The van der Waals surface area contributed by atoms with Gasteiger partial charge in [-0.3, -0.25) is 0 Å². The molecule has 0 saturated heterocycles. The van der Waals surface area contributed by atoms with Gasteiger partial charge in [-0.1, -0.05) is 5.16 Å². The Bertz CT molecular complexity index is 288. The molecule has 1 heterocycles. The highest BCUT2D eigenvalue weighted by Gasteiger charge is 2.29. The van der Waals surface area contributed by atoms with Gasteiger partial charge in [-0.25, -0.2) is 0 Å². The van der Waals surface area contributed by atoms with Crippen LogP contribution in [0.1, 0.15) is 11.7 Å². The van der Waals surface area contributed by atoms with Gasteiger partial charge in [0.15, 0.2) is 5.82 Å². The Morgan fingerprint density at radius 1 is 1.50 bits per heavy atom.